The molecule has 4 aromatic carbocycles. The first-order valence-corrected chi connectivity index (χ1v) is 46.1. The van der Waals surface area contributed by atoms with Gasteiger partial charge < -0.3 is 110 Å². The second kappa shape index (κ2) is 51.7. The highest BCUT2D eigenvalue weighted by Crippen LogP contribution is 2.25. The summed E-state index contributed by atoms with van der Waals surface area (Å²) in [5.41, 5.74) is 4.58. The lowest BCUT2D eigenvalue weighted by molar-refractivity contribution is -0.137. The first-order valence-electron chi connectivity index (χ1n) is 46.1. The maximum absolute atomic E-state index is 15.4. The fourth-order valence-corrected chi connectivity index (χ4v) is 15.6. The van der Waals surface area contributed by atoms with Gasteiger partial charge >= 0.3 is 0 Å². The predicted molar refractivity (Wildman–Crippen MR) is 508 cm³/mol. The van der Waals surface area contributed by atoms with Gasteiger partial charge in [0.25, 0.3) is 0 Å². The molecule has 134 heavy (non-hydrogen) atoms. The van der Waals surface area contributed by atoms with Crippen LogP contribution < -0.4 is 85.1 Å². The third-order valence-corrected chi connectivity index (χ3v) is 22.9. The van der Waals surface area contributed by atoms with Crippen molar-refractivity contribution in [1.29, 1.82) is 0 Å². The molecule has 0 spiro atoms. The average molecular weight is 1860 g/mol. The Hall–Kier alpha value is -13.2. The summed E-state index contributed by atoms with van der Waals surface area (Å²) in [5, 5.41) is 65.8. The van der Waals surface area contributed by atoms with Gasteiger partial charge in [-0.05, 0) is 139 Å². The molecular formula is C97H139N19O18. The molecule has 37 nitrogen and oxygen atoms in total. The van der Waals surface area contributed by atoms with E-state index in [4.69, 9.17) is 0 Å². The zero-order valence-electron chi connectivity index (χ0n) is 80.0. The number of H-pyrrole nitrogens is 3. The molecule has 730 valence electrons. The molecular weight excluding hydrogens is 1720 g/mol. The Balaban J connectivity index is 1.09. The van der Waals surface area contributed by atoms with Crippen LogP contribution in [0.25, 0.3) is 32.7 Å². The van der Waals surface area contributed by atoms with Gasteiger partial charge in [-0.15, -0.1) is 0 Å². The minimum absolute atomic E-state index is 0.0109. The van der Waals surface area contributed by atoms with Gasteiger partial charge in [-0.3, -0.25) is 76.7 Å². The zero-order valence-corrected chi connectivity index (χ0v) is 80.0. The molecule has 14 unspecified atom stereocenters. The Labute approximate surface area is 782 Å². The monoisotopic (exact) mass is 1860 g/mol. The molecule has 16 amide bonds. The Morgan fingerprint density at radius 2 is 0.597 bits per heavy atom. The third-order valence-electron chi connectivity index (χ3n) is 22.9. The molecule has 3 aromatic heterocycles. The summed E-state index contributed by atoms with van der Waals surface area (Å²) in [6.45, 7) is 29.5. The van der Waals surface area contributed by atoms with Crippen LogP contribution in [0, 0.1) is 47.3 Å². The number of aromatic amines is 3. The van der Waals surface area contributed by atoms with Crippen molar-refractivity contribution in [3.8, 4) is 5.75 Å². The third kappa shape index (κ3) is 32.6. The van der Waals surface area contributed by atoms with Gasteiger partial charge in [0.2, 0.25) is 95.0 Å². The number of aromatic nitrogens is 3. The van der Waals surface area contributed by atoms with Crippen LogP contribution in [0.3, 0.4) is 0 Å². The largest absolute Gasteiger partial charge is 0.508 e. The van der Waals surface area contributed by atoms with Crippen LogP contribution in [-0.2, 0) is 102 Å². The quantitative estimate of drug-likeness (QED) is 0.0242. The maximum Gasteiger partial charge on any atom is 0.243 e. The van der Waals surface area contributed by atoms with E-state index in [2.05, 4.69) is 100 Å². The van der Waals surface area contributed by atoms with Crippen LogP contribution in [0.4, 0.5) is 0 Å². The molecule has 7 rings (SSSR count). The maximum atomic E-state index is 15.4. The summed E-state index contributed by atoms with van der Waals surface area (Å²) in [4.78, 5) is 237. The van der Waals surface area contributed by atoms with Crippen LogP contribution in [0.2, 0.25) is 0 Å². The van der Waals surface area contributed by atoms with E-state index in [0.717, 1.165) is 27.4 Å². The highest BCUT2D eigenvalue weighted by atomic mass is 16.3. The topological polar surface area (TPSA) is 553 Å². The fourth-order valence-electron chi connectivity index (χ4n) is 15.6. The number of para-hydroxylation sites is 3. The zero-order chi connectivity index (χ0) is 99.1. The van der Waals surface area contributed by atoms with Gasteiger partial charge in [0.1, 0.15) is 90.3 Å². The lowest BCUT2D eigenvalue weighted by Gasteiger charge is -2.31. The molecule has 0 aliphatic rings. The van der Waals surface area contributed by atoms with E-state index < -0.39 is 197 Å². The number of amides is 16. The minimum Gasteiger partial charge on any atom is -0.508 e. The normalized spacial score (nSPS) is 14.7. The summed E-state index contributed by atoms with van der Waals surface area (Å²) in [7, 11) is 0. The van der Waals surface area contributed by atoms with Gasteiger partial charge in [-0.2, -0.15) is 0 Å². The van der Waals surface area contributed by atoms with Crippen molar-refractivity contribution in [3.05, 3.63) is 138 Å². The van der Waals surface area contributed by atoms with E-state index in [1.54, 1.807) is 114 Å². The van der Waals surface area contributed by atoms with Gasteiger partial charge in [-0.1, -0.05) is 178 Å². The Kier molecular flexibility index (Phi) is 41.6. The summed E-state index contributed by atoms with van der Waals surface area (Å²) in [6, 6.07) is 9.44. The molecule has 0 radical (unpaired) electrons. The number of aliphatic hydroxyl groups excluding tert-OH is 1. The van der Waals surface area contributed by atoms with Crippen LogP contribution in [0.15, 0.2) is 116 Å². The number of hydrogen-bond acceptors (Lipinski definition) is 18. The number of aliphatic hydroxyl groups is 1. The second-order valence-corrected chi connectivity index (χ2v) is 37.5. The molecule has 0 saturated carbocycles. The van der Waals surface area contributed by atoms with Gasteiger partial charge in [-0.25, -0.2) is 0 Å². The molecule has 0 bridgehead atoms. The van der Waals surface area contributed by atoms with Crippen molar-refractivity contribution in [3.63, 3.8) is 0 Å². The number of rotatable bonds is 53. The Bertz CT molecular complexity index is 5190. The van der Waals surface area contributed by atoms with Crippen molar-refractivity contribution in [1.82, 2.24) is 100 Å². The number of benzene rings is 4. The standard InChI is InChI=1S/C97H139N19O18/c1-50(2)37-71(106-84(121)58(17)104-79(120)48-102-94(131)80(54(9)10)103-49-118)87(124)105-59(18)85(122)114-82(56(13)14)96(133)116-83(57(15)16)97(134)115-81(55(11)12)95(132)113-78(44-63-47-101-70-30-24-21-27-67(63)70)93(130)109-72(38-51(3)4)88(125)110-75(41-60-31-33-64(119)34-32-60)91(128)107-74(40-53(7)8)90(127)112-77(43-62-46-100-69-29-23-20-26-66(62)69)92(129)108-73(39-52(5)6)89(126)111-76(86(123)98-35-36-117)42-61-45-99-68-28-22-19-25-65(61)68/h19-34,45-47,49-59,71-78,80-83,99-101,117,119H,35-44,48H2,1-18H3,(H,98,123)(H,102,131)(H,103,118)(H,104,120)(H,105,124)(H,106,121)(H,107,128)(H,108,129)(H,109,130)(H,110,125)(H,111,126)(H,112,127)(H,113,132)(H,114,122)(H,115,134)(H,116,133). The van der Waals surface area contributed by atoms with Crippen molar-refractivity contribution in [2.75, 3.05) is 19.7 Å². The molecule has 7 aromatic rings. The highest BCUT2D eigenvalue weighted by molar-refractivity contribution is 6.02. The van der Waals surface area contributed by atoms with Gasteiger partial charge in [0.05, 0.1) is 13.2 Å². The van der Waals surface area contributed by atoms with E-state index in [1.165, 1.54) is 38.1 Å². The number of aromatic hydroxyl groups is 1. The summed E-state index contributed by atoms with van der Waals surface area (Å²) in [5.74, 6) is -15.0. The van der Waals surface area contributed by atoms with Gasteiger partial charge in [0.15, 0.2) is 0 Å². The van der Waals surface area contributed by atoms with E-state index in [0.29, 0.717) is 34.0 Å². The first-order chi connectivity index (χ1) is 63.4. The molecule has 0 aliphatic carbocycles. The van der Waals surface area contributed by atoms with Crippen LogP contribution in [0.5, 0.6) is 5.75 Å². The summed E-state index contributed by atoms with van der Waals surface area (Å²) in [6.07, 6.45) is 5.11. The van der Waals surface area contributed by atoms with E-state index in [1.807, 2.05) is 88.4 Å². The summed E-state index contributed by atoms with van der Waals surface area (Å²) < 4.78 is 0. The van der Waals surface area contributed by atoms with E-state index in [-0.39, 0.29) is 99.9 Å². The minimum atomic E-state index is -1.52. The van der Waals surface area contributed by atoms with Crippen molar-refractivity contribution >= 4 is 128 Å². The molecule has 21 N–H and O–H groups in total. The second-order valence-electron chi connectivity index (χ2n) is 37.5. The van der Waals surface area contributed by atoms with Gasteiger partial charge in [0, 0.05) is 83.5 Å². The van der Waals surface area contributed by atoms with E-state index in [9.17, 15) is 58.2 Å². The number of carbonyl (C=O) groups is 16. The summed E-state index contributed by atoms with van der Waals surface area (Å²) >= 11 is 0. The van der Waals surface area contributed by atoms with Crippen molar-refractivity contribution in [2.24, 2.45) is 47.3 Å². The molecule has 3 heterocycles. The highest BCUT2D eigenvalue weighted by Gasteiger charge is 2.41. The first kappa shape index (κ1) is 108. The van der Waals surface area contributed by atoms with E-state index >= 15 is 28.8 Å². The molecule has 0 aliphatic heterocycles. The fraction of sp³-hybridized carbons (Fsp3) is 0.526. The van der Waals surface area contributed by atoms with Crippen molar-refractivity contribution in [2.45, 2.75) is 261 Å². The average Bonchev–Trinajstić information content (AvgIpc) is 1.66. The lowest BCUT2D eigenvalue weighted by Crippen LogP contribution is -2.62. The molecule has 0 fully saturated rings. The van der Waals surface area contributed by atoms with Crippen LogP contribution in [-0.4, -0.2) is 224 Å². The number of phenolic OH excluding ortho intramolecular Hbond substituents is 1. The predicted octanol–water partition coefficient (Wildman–Crippen LogP) is 3.60. The Morgan fingerprint density at radius 1 is 0.306 bits per heavy atom. The number of fused-ring (bicyclic) bond motifs is 3. The van der Waals surface area contributed by atoms with Crippen LogP contribution >= 0.6 is 0 Å². The molecule has 37 heteroatoms. The number of phenols is 1. The molecule has 0 saturated heterocycles. The van der Waals surface area contributed by atoms with Crippen LogP contribution in [0.1, 0.15) is 173 Å². The smallest absolute Gasteiger partial charge is 0.243 e. The SMILES string of the molecule is CC(C)CC(NC(=O)C(C)NC(=O)CNC(=O)C(NC=O)C(C)C)C(=O)NC(C)C(=O)NC(C(=O)NC(C(=O)NC(C(=O)NC(Cc1c[nH]c2ccccc12)C(=O)NC(CC(C)C)C(=O)NC(Cc1ccc(O)cc1)C(=O)NC(CC(C)C)C(=O)NC(Cc1c[nH]c2ccccc12)C(=O)NC(CC(C)C)C(=O)NC(Cc1c[nH]c2ccccc12)C(=O)NCCO)C(C)C)C(C)C)C(C)C. The number of carbonyl (C=O) groups excluding carboxylic acids is 16. The lowest BCUT2D eigenvalue weighted by atomic mass is 9.97. The number of hydrogen-bond donors (Lipinski definition) is 21. The Morgan fingerprint density at radius 3 is 0.948 bits per heavy atom. The molecule has 14 atom stereocenters. The number of nitrogens with one attached hydrogen (secondary N) is 19. The van der Waals surface area contributed by atoms with Crippen molar-refractivity contribution < 1.29 is 86.9 Å².